The first kappa shape index (κ1) is 23.4. The third kappa shape index (κ3) is 6.60. The van der Waals surface area contributed by atoms with E-state index < -0.39 is 0 Å². The molecule has 0 saturated heterocycles. The quantitative estimate of drug-likeness (QED) is 0.272. The Kier molecular flexibility index (Phi) is 9.00. The number of nitrogens with one attached hydrogen (secondary N) is 1. The van der Waals surface area contributed by atoms with E-state index in [1.165, 1.54) is 11.1 Å². The molecule has 0 spiro atoms. The second kappa shape index (κ2) is 11.9. The van der Waals surface area contributed by atoms with E-state index in [2.05, 4.69) is 88.4 Å². The molecule has 0 fully saturated rings. The summed E-state index contributed by atoms with van der Waals surface area (Å²) in [6, 6.07) is 10.7. The minimum atomic E-state index is 0.576. The number of guanidine groups is 1. The summed E-state index contributed by atoms with van der Waals surface area (Å²) < 4.78 is 2.27. The lowest BCUT2D eigenvalue weighted by molar-refractivity contribution is 0.439. The Bertz CT molecular complexity index is 871. The number of hydrogen-bond donors (Lipinski definition) is 1. The molecule has 1 aromatic heterocycles. The van der Waals surface area contributed by atoms with Gasteiger partial charge in [0.05, 0.1) is 0 Å². The molecule has 1 aliphatic rings. The largest absolute Gasteiger partial charge is 0.357 e. The van der Waals surface area contributed by atoms with Crippen LogP contribution in [0.1, 0.15) is 45.0 Å². The summed E-state index contributed by atoms with van der Waals surface area (Å²) in [5.74, 6) is 2.66. The van der Waals surface area contributed by atoms with Crippen LogP contribution in [0.25, 0.3) is 5.57 Å². The van der Waals surface area contributed by atoms with E-state index in [0.29, 0.717) is 5.92 Å². The molecule has 0 amide bonds. The maximum absolute atomic E-state index is 4.91. The van der Waals surface area contributed by atoms with Crippen LogP contribution in [0, 0.1) is 5.92 Å². The topological polar surface area (TPSA) is 58.3 Å². The van der Waals surface area contributed by atoms with Crippen molar-refractivity contribution >= 4 is 23.3 Å². The van der Waals surface area contributed by atoms with E-state index in [1.807, 2.05) is 0 Å². The summed E-state index contributed by atoms with van der Waals surface area (Å²) in [7, 11) is 0. The molecule has 1 aliphatic heterocycles. The molecule has 2 heterocycles. The summed E-state index contributed by atoms with van der Waals surface area (Å²) >= 11 is 1.67. The molecule has 6 nitrogen and oxygen atoms in total. The van der Waals surface area contributed by atoms with Crippen LogP contribution in [0.4, 0.5) is 0 Å². The molecule has 2 aromatic rings. The monoisotopic (exact) mass is 440 g/mol. The van der Waals surface area contributed by atoms with Crippen molar-refractivity contribution in [3.63, 3.8) is 0 Å². The number of thioether (sulfide) groups is 1. The zero-order chi connectivity index (χ0) is 22.1. The fourth-order valence-corrected chi connectivity index (χ4v) is 4.35. The zero-order valence-electron chi connectivity index (χ0n) is 19.3. The number of aromatic nitrogens is 3. The van der Waals surface area contributed by atoms with Crippen LogP contribution >= 0.6 is 11.8 Å². The van der Waals surface area contributed by atoms with E-state index in [0.717, 1.165) is 68.9 Å². The van der Waals surface area contributed by atoms with Gasteiger partial charge < -0.3 is 14.8 Å². The molecule has 31 heavy (non-hydrogen) atoms. The summed E-state index contributed by atoms with van der Waals surface area (Å²) in [6.07, 6.45) is 7.32. The molecule has 0 radical (unpaired) electrons. The van der Waals surface area contributed by atoms with Crippen LogP contribution < -0.4 is 5.32 Å². The number of rotatable bonds is 9. The van der Waals surface area contributed by atoms with Crippen molar-refractivity contribution in [2.45, 2.75) is 51.7 Å². The Morgan fingerprint density at radius 2 is 2.03 bits per heavy atom. The SMILES string of the molecule is CCNC(=NCCCc1nnc(SC)n1CC(C)C)N1CC=C(c2ccccc2)CC1. The first-order valence-electron chi connectivity index (χ1n) is 11.4. The maximum Gasteiger partial charge on any atom is 0.194 e. The van der Waals surface area contributed by atoms with Gasteiger partial charge in [0.25, 0.3) is 0 Å². The van der Waals surface area contributed by atoms with Crippen molar-refractivity contribution in [1.29, 1.82) is 0 Å². The average molecular weight is 441 g/mol. The molecular weight excluding hydrogens is 404 g/mol. The van der Waals surface area contributed by atoms with E-state index in [-0.39, 0.29) is 0 Å². The van der Waals surface area contributed by atoms with Gasteiger partial charge in [0.15, 0.2) is 11.1 Å². The van der Waals surface area contributed by atoms with Crippen molar-refractivity contribution in [1.82, 2.24) is 25.0 Å². The van der Waals surface area contributed by atoms with Crippen LogP contribution in [0.2, 0.25) is 0 Å². The Balaban J connectivity index is 1.57. The Morgan fingerprint density at radius 3 is 2.68 bits per heavy atom. The smallest absolute Gasteiger partial charge is 0.194 e. The number of nitrogens with zero attached hydrogens (tertiary/aromatic N) is 5. The van der Waals surface area contributed by atoms with E-state index in [4.69, 9.17) is 4.99 Å². The third-order valence-corrected chi connectivity index (χ3v) is 6.00. The normalized spacial score (nSPS) is 14.8. The van der Waals surface area contributed by atoms with E-state index >= 15 is 0 Å². The lowest BCUT2D eigenvalue weighted by Crippen LogP contribution is -2.43. The fourth-order valence-electron chi connectivity index (χ4n) is 3.83. The van der Waals surface area contributed by atoms with Gasteiger partial charge in [-0.25, -0.2) is 0 Å². The standard InChI is InChI=1S/C24H36N6S/c1-5-25-23(29-16-13-21(14-17-29)20-10-7-6-8-11-20)26-15-9-12-22-27-28-24(31-4)30(22)18-19(2)3/h6-8,10-11,13,19H,5,9,12,14-18H2,1-4H3,(H,25,26). The van der Waals surface area contributed by atoms with Gasteiger partial charge in [-0.15, -0.1) is 10.2 Å². The summed E-state index contributed by atoms with van der Waals surface area (Å²) in [5, 5.41) is 13.3. The Hall–Kier alpha value is -2.28. The van der Waals surface area contributed by atoms with E-state index in [1.54, 1.807) is 11.8 Å². The third-order valence-electron chi connectivity index (χ3n) is 5.33. The van der Waals surface area contributed by atoms with Crippen molar-refractivity contribution in [3.8, 4) is 0 Å². The van der Waals surface area contributed by atoms with Crippen molar-refractivity contribution in [2.24, 2.45) is 10.9 Å². The second-order valence-corrected chi connectivity index (χ2v) is 9.01. The number of aliphatic imine (C=N–C) groups is 1. The lowest BCUT2D eigenvalue weighted by Gasteiger charge is -2.30. The molecule has 0 saturated carbocycles. The van der Waals surface area contributed by atoms with Gasteiger partial charge in [-0.1, -0.05) is 62.0 Å². The van der Waals surface area contributed by atoms with Gasteiger partial charge in [-0.3, -0.25) is 4.99 Å². The predicted octanol–water partition coefficient (Wildman–Crippen LogP) is 4.34. The van der Waals surface area contributed by atoms with E-state index in [9.17, 15) is 0 Å². The molecular formula is C24H36N6S. The van der Waals surface area contributed by atoms with Crippen molar-refractivity contribution in [2.75, 3.05) is 32.4 Å². The van der Waals surface area contributed by atoms with Crippen LogP contribution in [-0.4, -0.2) is 58.1 Å². The molecule has 7 heteroatoms. The molecule has 168 valence electrons. The number of hydrogen-bond acceptors (Lipinski definition) is 4. The van der Waals surface area contributed by atoms with Crippen LogP contribution in [0.15, 0.2) is 46.6 Å². The Labute approximate surface area is 191 Å². The average Bonchev–Trinajstić information content (AvgIpc) is 3.17. The van der Waals surface area contributed by atoms with Crippen LogP contribution in [-0.2, 0) is 13.0 Å². The first-order valence-corrected chi connectivity index (χ1v) is 12.6. The highest BCUT2D eigenvalue weighted by atomic mass is 32.2. The van der Waals surface area contributed by atoms with Gasteiger partial charge in [0.2, 0.25) is 0 Å². The summed E-state index contributed by atoms with van der Waals surface area (Å²) in [4.78, 5) is 7.26. The van der Waals surface area contributed by atoms with Gasteiger partial charge >= 0.3 is 0 Å². The van der Waals surface area contributed by atoms with Crippen molar-refractivity contribution in [3.05, 3.63) is 47.8 Å². The van der Waals surface area contributed by atoms with Gasteiger partial charge in [0.1, 0.15) is 5.82 Å². The summed E-state index contributed by atoms with van der Waals surface area (Å²) in [6.45, 7) is 11.1. The highest BCUT2D eigenvalue weighted by Crippen LogP contribution is 2.22. The van der Waals surface area contributed by atoms with Gasteiger partial charge in [-0.05, 0) is 43.1 Å². The van der Waals surface area contributed by atoms with Gasteiger partial charge in [-0.2, -0.15) is 0 Å². The highest BCUT2D eigenvalue weighted by molar-refractivity contribution is 7.98. The second-order valence-electron chi connectivity index (χ2n) is 8.24. The predicted molar refractivity (Wildman–Crippen MR) is 132 cm³/mol. The minimum absolute atomic E-state index is 0.576. The molecule has 1 aromatic carbocycles. The molecule has 0 atom stereocenters. The zero-order valence-corrected chi connectivity index (χ0v) is 20.2. The molecule has 3 rings (SSSR count). The fraction of sp³-hybridized carbons (Fsp3) is 0.542. The number of aryl methyl sites for hydroxylation is 1. The Morgan fingerprint density at radius 1 is 1.23 bits per heavy atom. The highest BCUT2D eigenvalue weighted by Gasteiger charge is 2.16. The molecule has 0 aliphatic carbocycles. The lowest BCUT2D eigenvalue weighted by atomic mass is 10.00. The van der Waals surface area contributed by atoms with Crippen LogP contribution in [0.5, 0.6) is 0 Å². The first-order chi connectivity index (χ1) is 15.1. The van der Waals surface area contributed by atoms with Gasteiger partial charge in [0, 0.05) is 39.1 Å². The van der Waals surface area contributed by atoms with Crippen molar-refractivity contribution < 1.29 is 0 Å². The maximum atomic E-state index is 4.91. The molecule has 0 bridgehead atoms. The molecule has 1 N–H and O–H groups in total. The number of benzene rings is 1. The summed E-state index contributed by atoms with van der Waals surface area (Å²) in [5.41, 5.74) is 2.76. The van der Waals surface area contributed by atoms with Crippen LogP contribution in [0.3, 0.4) is 0 Å². The minimum Gasteiger partial charge on any atom is -0.357 e. The molecule has 0 unspecified atom stereocenters.